The Morgan fingerprint density at radius 3 is 2.47 bits per heavy atom. The predicted molar refractivity (Wildman–Crippen MR) is 79.3 cm³/mol. The smallest absolute Gasteiger partial charge is 0.137 e. The number of anilines is 1. The summed E-state index contributed by atoms with van der Waals surface area (Å²) in [5.41, 5.74) is 2.52. The molecule has 2 rings (SSSR count). The summed E-state index contributed by atoms with van der Waals surface area (Å²) in [6, 6.07) is 9.42. The summed E-state index contributed by atoms with van der Waals surface area (Å²) in [6.45, 7) is 2.14. The summed E-state index contributed by atoms with van der Waals surface area (Å²) in [6.07, 6.45) is 0. The predicted octanol–water partition coefficient (Wildman–Crippen LogP) is 4.32. The van der Waals surface area contributed by atoms with E-state index >= 15 is 0 Å². The number of aryl methyl sites for hydroxylation is 1. The summed E-state index contributed by atoms with van der Waals surface area (Å²) in [5, 5.41) is 4.00. The van der Waals surface area contributed by atoms with Gasteiger partial charge in [-0.25, -0.2) is 4.98 Å². The molecule has 0 fully saturated rings. The molecule has 0 aliphatic rings. The second-order valence-corrected chi connectivity index (χ2v) is 4.84. The fourth-order valence-corrected chi connectivity index (χ4v) is 2.27. The lowest BCUT2D eigenvalue weighted by molar-refractivity contribution is 0.306. The lowest BCUT2D eigenvalue weighted by Crippen LogP contribution is -2.00. The number of ether oxygens (including phenoxy) is 1. The average molecular weight is 297 g/mol. The second kappa shape index (κ2) is 6.13. The van der Waals surface area contributed by atoms with Crippen LogP contribution in [0.3, 0.4) is 0 Å². The molecule has 1 N–H and O–H groups in total. The van der Waals surface area contributed by atoms with E-state index in [2.05, 4.69) is 10.3 Å². The fourth-order valence-electron chi connectivity index (χ4n) is 1.63. The van der Waals surface area contributed by atoms with Crippen LogP contribution in [0.1, 0.15) is 11.3 Å². The molecule has 2 aromatic rings. The third kappa shape index (κ3) is 3.52. The first-order valence-corrected chi connectivity index (χ1v) is 6.58. The van der Waals surface area contributed by atoms with Crippen LogP contribution in [-0.4, -0.2) is 12.0 Å². The minimum absolute atomic E-state index is 0.295. The lowest BCUT2D eigenvalue weighted by Gasteiger charge is -2.10. The van der Waals surface area contributed by atoms with Crippen molar-refractivity contribution in [3.05, 3.63) is 51.8 Å². The van der Waals surface area contributed by atoms with Gasteiger partial charge in [0, 0.05) is 24.0 Å². The number of rotatable bonds is 4. The van der Waals surface area contributed by atoms with Crippen molar-refractivity contribution in [1.29, 1.82) is 0 Å². The van der Waals surface area contributed by atoms with E-state index in [0.717, 1.165) is 17.1 Å². The highest BCUT2D eigenvalue weighted by Crippen LogP contribution is 2.25. The van der Waals surface area contributed by atoms with Gasteiger partial charge in [0.25, 0.3) is 0 Å². The molecule has 0 spiro atoms. The molecule has 0 atom stereocenters. The van der Waals surface area contributed by atoms with Crippen LogP contribution < -0.4 is 10.1 Å². The van der Waals surface area contributed by atoms with Crippen molar-refractivity contribution in [3.8, 4) is 5.75 Å². The largest absolute Gasteiger partial charge is 0.489 e. The Morgan fingerprint density at radius 2 is 1.89 bits per heavy atom. The van der Waals surface area contributed by atoms with Gasteiger partial charge < -0.3 is 10.1 Å². The maximum absolute atomic E-state index is 6.13. The zero-order chi connectivity index (χ0) is 13.8. The van der Waals surface area contributed by atoms with E-state index in [0.29, 0.717) is 22.3 Å². The molecule has 5 heteroatoms. The number of halogens is 2. The standard InChI is InChI=1S/C14H14Cl2N2O/c1-9-7-13(15)12(14(16)18-9)8-19-11-5-3-10(17-2)4-6-11/h3-7,17H,8H2,1-2H3. The van der Waals surface area contributed by atoms with Gasteiger partial charge in [-0.1, -0.05) is 23.2 Å². The molecule has 1 aromatic carbocycles. The van der Waals surface area contributed by atoms with Gasteiger partial charge >= 0.3 is 0 Å². The summed E-state index contributed by atoms with van der Waals surface area (Å²) in [4.78, 5) is 4.17. The maximum atomic E-state index is 6.13. The zero-order valence-electron chi connectivity index (χ0n) is 10.7. The first kappa shape index (κ1) is 14.0. The molecular weight excluding hydrogens is 283 g/mol. The maximum Gasteiger partial charge on any atom is 0.137 e. The number of benzene rings is 1. The molecule has 0 unspecified atom stereocenters. The average Bonchev–Trinajstić information content (AvgIpc) is 2.38. The van der Waals surface area contributed by atoms with Gasteiger partial charge in [-0.3, -0.25) is 0 Å². The Labute approximate surface area is 122 Å². The fraction of sp³-hybridized carbons (Fsp3) is 0.214. The molecule has 1 heterocycles. The van der Waals surface area contributed by atoms with E-state index in [4.69, 9.17) is 27.9 Å². The van der Waals surface area contributed by atoms with Gasteiger partial charge in [-0.05, 0) is 37.3 Å². The van der Waals surface area contributed by atoms with E-state index in [-0.39, 0.29) is 0 Å². The Hall–Kier alpha value is -1.45. The number of hydrogen-bond donors (Lipinski definition) is 1. The Morgan fingerprint density at radius 1 is 1.21 bits per heavy atom. The van der Waals surface area contributed by atoms with E-state index < -0.39 is 0 Å². The normalized spacial score (nSPS) is 10.3. The van der Waals surface area contributed by atoms with Crippen LogP contribution in [0.25, 0.3) is 0 Å². The number of aromatic nitrogens is 1. The van der Waals surface area contributed by atoms with Crippen LogP contribution in [-0.2, 0) is 6.61 Å². The molecule has 19 heavy (non-hydrogen) atoms. The number of nitrogens with one attached hydrogen (secondary N) is 1. The molecule has 0 aliphatic heterocycles. The second-order valence-electron chi connectivity index (χ2n) is 4.08. The van der Waals surface area contributed by atoms with E-state index in [1.54, 1.807) is 6.07 Å². The molecule has 0 radical (unpaired) electrons. The molecule has 0 aliphatic carbocycles. The summed E-state index contributed by atoms with van der Waals surface area (Å²) in [7, 11) is 1.87. The molecule has 100 valence electrons. The molecule has 0 saturated heterocycles. The van der Waals surface area contributed by atoms with Crippen LogP contribution in [0.5, 0.6) is 5.75 Å². The first-order valence-electron chi connectivity index (χ1n) is 5.82. The van der Waals surface area contributed by atoms with Crippen molar-refractivity contribution < 1.29 is 4.74 Å². The Balaban J connectivity index is 2.10. The van der Waals surface area contributed by atoms with Crippen molar-refractivity contribution in [2.45, 2.75) is 13.5 Å². The monoisotopic (exact) mass is 296 g/mol. The van der Waals surface area contributed by atoms with Crippen molar-refractivity contribution in [3.63, 3.8) is 0 Å². The number of hydrogen-bond acceptors (Lipinski definition) is 3. The van der Waals surface area contributed by atoms with Gasteiger partial charge in [-0.2, -0.15) is 0 Å². The topological polar surface area (TPSA) is 34.1 Å². The summed E-state index contributed by atoms with van der Waals surface area (Å²) in [5.74, 6) is 0.756. The van der Waals surface area contributed by atoms with Gasteiger partial charge in [0.1, 0.15) is 17.5 Å². The SMILES string of the molecule is CNc1ccc(OCc2c(Cl)cc(C)nc2Cl)cc1. The van der Waals surface area contributed by atoms with Crippen LogP contribution in [0.15, 0.2) is 30.3 Å². The first-order chi connectivity index (χ1) is 9.10. The third-order valence-electron chi connectivity index (χ3n) is 2.67. The third-order valence-corrected chi connectivity index (χ3v) is 3.32. The van der Waals surface area contributed by atoms with Gasteiger partial charge in [-0.15, -0.1) is 0 Å². The molecule has 0 saturated carbocycles. The quantitative estimate of drug-likeness (QED) is 0.853. The summed E-state index contributed by atoms with van der Waals surface area (Å²) < 4.78 is 5.66. The highest BCUT2D eigenvalue weighted by Gasteiger charge is 2.09. The lowest BCUT2D eigenvalue weighted by atomic mass is 10.2. The van der Waals surface area contributed by atoms with E-state index in [1.807, 2.05) is 38.2 Å². The molecule has 0 amide bonds. The minimum atomic E-state index is 0.295. The number of pyridine rings is 1. The molecular formula is C14H14Cl2N2O. The van der Waals surface area contributed by atoms with Crippen molar-refractivity contribution in [2.24, 2.45) is 0 Å². The van der Waals surface area contributed by atoms with Gasteiger partial charge in [0.05, 0.1) is 5.02 Å². The van der Waals surface area contributed by atoms with E-state index in [9.17, 15) is 0 Å². The van der Waals surface area contributed by atoms with Crippen LogP contribution in [0, 0.1) is 6.92 Å². The van der Waals surface area contributed by atoms with Crippen LogP contribution in [0.4, 0.5) is 5.69 Å². The zero-order valence-corrected chi connectivity index (χ0v) is 12.2. The van der Waals surface area contributed by atoms with Crippen LogP contribution >= 0.6 is 23.2 Å². The molecule has 1 aromatic heterocycles. The minimum Gasteiger partial charge on any atom is -0.489 e. The van der Waals surface area contributed by atoms with Gasteiger partial charge in [0.2, 0.25) is 0 Å². The van der Waals surface area contributed by atoms with E-state index in [1.165, 1.54) is 0 Å². The summed E-state index contributed by atoms with van der Waals surface area (Å²) >= 11 is 12.2. The van der Waals surface area contributed by atoms with Crippen molar-refractivity contribution in [1.82, 2.24) is 4.98 Å². The molecule has 3 nitrogen and oxygen atoms in total. The van der Waals surface area contributed by atoms with Crippen molar-refractivity contribution >= 4 is 28.9 Å². The highest BCUT2D eigenvalue weighted by molar-refractivity contribution is 6.35. The van der Waals surface area contributed by atoms with Crippen molar-refractivity contribution in [2.75, 3.05) is 12.4 Å². The Bertz CT molecular complexity index is 547. The Kier molecular flexibility index (Phi) is 4.51. The van der Waals surface area contributed by atoms with Crippen LogP contribution in [0.2, 0.25) is 10.2 Å². The highest BCUT2D eigenvalue weighted by atomic mass is 35.5. The van der Waals surface area contributed by atoms with Gasteiger partial charge in [0.15, 0.2) is 0 Å². The number of nitrogens with zero attached hydrogens (tertiary/aromatic N) is 1. The molecule has 0 bridgehead atoms.